The Morgan fingerprint density at radius 2 is 1.35 bits per heavy atom. The Morgan fingerprint density at radius 1 is 0.870 bits per heavy atom. The van der Waals surface area contributed by atoms with Crippen molar-refractivity contribution in [1.29, 1.82) is 0 Å². The van der Waals surface area contributed by atoms with Crippen LogP contribution in [0.2, 0.25) is 0 Å². The number of unbranched alkanes of at least 4 members (excludes halogenated alkanes) is 1. The van der Waals surface area contributed by atoms with Crippen LogP contribution in [0.5, 0.6) is 0 Å². The van der Waals surface area contributed by atoms with Crippen LogP contribution in [0.3, 0.4) is 0 Å². The highest BCUT2D eigenvalue weighted by atomic mass is 15.3. The molecule has 0 aliphatic heterocycles. The van der Waals surface area contributed by atoms with Gasteiger partial charge in [0, 0.05) is 17.9 Å². The zero-order chi connectivity index (χ0) is 16.7. The lowest BCUT2D eigenvalue weighted by Crippen LogP contribution is -2.33. The van der Waals surface area contributed by atoms with E-state index in [2.05, 4.69) is 67.4 Å². The van der Waals surface area contributed by atoms with Crippen molar-refractivity contribution in [2.75, 3.05) is 18.0 Å². The molecule has 0 aliphatic carbocycles. The minimum absolute atomic E-state index is 0.509. The van der Waals surface area contributed by atoms with Crippen molar-refractivity contribution in [2.24, 2.45) is 16.5 Å². The molecule has 0 atom stereocenters. The molecule has 0 fully saturated rings. The summed E-state index contributed by atoms with van der Waals surface area (Å²) in [5.41, 5.74) is 16.3. The lowest BCUT2D eigenvalue weighted by molar-refractivity contribution is 0.754. The lowest BCUT2D eigenvalue weighted by Gasteiger charge is -2.24. The smallest absolute Gasteiger partial charge is 0.200 e. The Hall–Kier alpha value is -2.33. The Kier molecular flexibility index (Phi) is 6.18. The third-order valence-corrected chi connectivity index (χ3v) is 3.70. The van der Waals surface area contributed by atoms with Gasteiger partial charge in [-0.2, -0.15) is 0 Å². The highest BCUT2D eigenvalue weighted by molar-refractivity contribution is 6.01. The summed E-state index contributed by atoms with van der Waals surface area (Å²) >= 11 is 0. The zero-order valence-corrected chi connectivity index (χ0v) is 14.0. The molecule has 23 heavy (non-hydrogen) atoms. The van der Waals surface area contributed by atoms with E-state index >= 15 is 0 Å². The summed E-state index contributed by atoms with van der Waals surface area (Å²) in [4.78, 5) is 6.51. The number of aryl methyl sites for hydroxylation is 2. The second-order valence-corrected chi connectivity index (χ2v) is 5.74. The number of aliphatic imine (C=N–C) groups is 1. The monoisotopic (exact) mass is 310 g/mol. The predicted octanol–water partition coefficient (Wildman–Crippen LogP) is 3.50. The maximum absolute atomic E-state index is 6.29. The second kappa shape index (κ2) is 8.34. The highest BCUT2D eigenvalue weighted by Crippen LogP contribution is 2.25. The van der Waals surface area contributed by atoms with E-state index in [9.17, 15) is 0 Å². The molecule has 0 radical (unpaired) electrons. The van der Waals surface area contributed by atoms with Crippen molar-refractivity contribution in [3.8, 4) is 0 Å². The topological polar surface area (TPSA) is 67.6 Å². The molecule has 4 nitrogen and oxygen atoms in total. The molecule has 0 saturated heterocycles. The molecule has 0 aromatic heterocycles. The fourth-order valence-electron chi connectivity index (χ4n) is 2.32. The van der Waals surface area contributed by atoms with Crippen molar-refractivity contribution < 1.29 is 0 Å². The van der Waals surface area contributed by atoms with E-state index in [4.69, 9.17) is 11.5 Å². The predicted molar refractivity (Wildman–Crippen MR) is 99.3 cm³/mol. The molecule has 122 valence electrons. The molecular formula is C19H26N4. The van der Waals surface area contributed by atoms with Gasteiger partial charge in [0.25, 0.3) is 0 Å². The summed E-state index contributed by atoms with van der Waals surface area (Å²) < 4.78 is 0. The quantitative estimate of drug-likeness (QED) is 0.487. The maximum atomic E-state index is 6.29. The van der Waals surface area contributed by atoms with Gasteiger partial charge in [-0.15, -0.1) is 0 Å². The first-order valence-electron chi connectivity index (χ1n) is 8.05. The summed E-state index contributed by atoms with van der Waals surface area (Å²) in [5, 5.41) is 0. The van der Waals surface area contributed by atoms with Crippen molar-refractivity contribution in [2.45, 2.75) is 26.7 Å². The second-order valence-electron chi connectivity index (χ2n) is 5.74. The average molecular weight is 310 g/mol. The molecule has 0 bridgehead atoms. The Balaban J connectivity index is 2.30. The number of benzene rings is 2. The number of hydrogen-bond donors (Lipinski definition) is 2. The third-order valence-electron chi connectivity index (χ3n) is 3.70. The van der Waals surface area contributed by atoms with Crippen LogP contribution >= 0.6 is 0 Å². The van der Waals surface area contributed by atoms with Crippen molar-refractivity contribution in [3.05, 3.63) is 59.7 Å². The van der Waals surface area contributed by atoms with Gasteiger partial charge in [0.05, 0.1) is 0 Å². The Bertz CT molecular complexity index is 584. The van der Waals surface area contributed by atoms with Crippen molar-refractivity contribution in [3.63, 3.8) is 0 Å². The third kappa shape index (κ3) is 4.83. The van der Waals surface area contributed by atoms with Gasteiger partial charge in [0.2, 0.25) is 5.96 Å². The Labute approximate surface area is 138 Å². The summed E-state index contributed by atoms with van der Waals surface area (Å²) in [6.07, 6.45) is 1.92. The van der Waals surface area contributed by atoms with Gasteiger partial charge < -0.3 is 11.5 Å². The summed E-state index contributed by atoms with van der Waals surface area (Å²) in [6.45, 7) is 5.53. The van der Waals surface area contributed by atoms with Crippen LogP contribution in [0.4, 0.5) is 11.4 Å². The Morgan fingerprint density at radius 3 is 1.78 bits per heavy atom. The van der Waals surface area contributed by atoms with Gasteiger partial charge in [-0.3, -0.25) is 9.89 Å². The SMILES string of the molecule is Cc1ccc(N(C(N)=NCCCCN)c2ccc(C)cc2)cc1. The number of anilines is 2. The fourth-order valence-corrected chi connectivity index (χ4v) is 2.32. The molecule has 0 aliphatic rings. The van der Waals surface area contributed by atoms with E-state index in [1.54, 1.807) is 0 Å². The summed E-state index contributed by atoms with van der Waals surface area (Å²) in [5.74, 6) is 0.509. The largest absolute Gasteiger partial charge is 0.369 e. The molecule has 2 rings (SSSR count). The van der Waals surface area contributed by atoms with Gasteiger partial charge in [0.1, 0.15) is 0 Å². The van der Waals surface area contributed by atoms with E-state index in [0.717, 1.165) is 24.2 Å². The van der Waals surface area contributed by atoms with Crippen LogP contribution in [-0.2, 0) is 0 Å². The first-order valence-corrected chi connectivity index (χ1v) is 8.05. The molecule has 2 aromatic carbocycles. The molecule has 0 unspecified atom stereocenters. The summed E-state index contributed by atoms with van der Waals surface area (Å²) in [7, 11) is 0. The number of rotatable bonds is 6. The normalized spacial score (nSPS) is 11.5. The lowest BCUT2D eigenvalue weighted by atomic mass is 10.1. The van der Waals surface area contributed by atoms with Gasteiger partial charge in [-0.1, -0.05) is 35.4 Å². The standard InChI is InChI=1S/C19H26N4/c1-15-5-9-17(10-6-15)23(18-11-7-16(2)8-12-18)19(21)22-14-4-3-13-20/h5-12H,3-4,13-14,20H2,1-2H3,(H2,21,22). The van der Waals surface area contributed by atoms with Crippen LogP contribution in [-0.4, -0.2) is 19.0 Å². The number of hydrogen-bond acceptors (Lipinski definition) is 2. The van der Waals surface area contributed by atoms with Crippen molar-refractivity contribution in [1.82, 2.24) is 0 Å². The van der Waals surface area contributed by atoms with Crippen LogP contribution in [0.25, 0.3) is 0 Å². The van der Waals surface area contributed by atoms with E-state index in [1.807, 2.05) is 4.90 Å². The minimum atomic E-state index is 0.509. The average Bonchev–Trinajstić information content (AvgIpc) is 2.55. The maximum Gasteiger partial charge on any atom is 0.200 e. The van der Waals surface area contributed by atoms with Crippen LogP contribution < -0.4 is 16.4 Å². The first-order chi connectivity index (χ1) is 11.1. The van der Waals surface area contributed by atoms with Gasteiger partial charge in [-0.25, -0.2) is 0 Å². The fraction of sp³-hybridized carbons (Fsp3) is 0.316. The molecule has 0 spiro atoms. The number of nitrogens with two attached hydrogens (primary N) is 2. The molecule has 0 heterocycles. The van der Waals surface area contributed by atoms with Gasteiger partial charge >= 0.3 is 0 Å². The molecule has 4 heteroatoms. The van der Waals surface area contributed by atoms with Crippen LogP contribution in [0.15, 0.2) is 53.5 Å². The zero-order valence-electron chi connectivity index (χ0n) is 14.0. The molecule has 0 amide bonds. The number of nitrogens with zero attached hydrogens (tertiary/aromatic N) is 2. The van der Waals surface area contributed by atoms with Crippen LogP contribution in [0, 0.1) is 13.8 Å². The minimum Gasteiger partial charge on any atom is -0.369 e. The van der Waals surface area contributed by atoms with Gasteiger partial charge in [-0.05, 0) is 57.5 Å². The summed E-state index contributed by atoms with van der Waals surface area (Å²) in [6, 6.07) is 16.6. The van der Waals surface area contributed by atoms with Gasteiger partial charge in [0.15, 0.2) is 0 Å². The molecular weight excluding hydrogens is 284 g/mol. The first kappa shape index (κ1) is 17.0. The van der Waals surface area contributed by atoms with Crippen molar-refractivity contribution >= 4 is 17.3 Å². The van der Waals surface area contributed by atoms with E-state index in [0.29, 0.717) is 19.0 Å². The van der Waals surface area contributed by atoms with E-state index in [1.165, 1.54) is 11.1 Å². The van der Waals surface area contributed by atoms with E-state index < -0.39 is 0 Å². The highest BCUT2D eigenvalue weighted by Gasteiger charge is 2.13. The molecule has 2 aromatic rings. The number of guanidine groups is 1. The molecule has 4 N–H and O–H groups in total. The van der Waals surface area contributed by atoms with E-state index in [-0.39, 0.29) is 0 Å². The molecule has 0 saturated carbocycles. The van der Waals surface area contributed by atoms with Crippen LogP contribution in [0.1, 0.15) is 24.0 Å².